The van der Waals surface area contributed by atoms with Crippen LogP contribution in [0.25, 0.3) is 0 Å². The summed E-state index contributed by atoms with van der Waals surface area (Å²) in [5.41, 5.74) is 5.85. The van der Waals surface area contributed by atoms with E-state index in [1.54, 1.807) is 6.34 Å². The van der Waals surface area contributed by atoms with Gasteiger partial charge in [0.25, 0.3) is 0 Å². The van der Waals surface area contributed by atoms with E-state index in [-0.39, 0.29) is 55.6 Å². The molecule has 0 radical (unpaired) electrons. The summed E-state index contributed by atoms with van der Waals surface area (Å²) >= 11 is 0. The van der Waals surface area contributed by atoms with E-state index in [4.69, 9.17) is 16.7 Å². The minimum absolute atomic E-state index is 0. The molecule has 162 valence electrons. The van der Waals surface area contributed by atoms with E-state index in [0.717, 1.165) is 38.8 Å². The predicted octanol–water partition coefficient (Wildman–Crippen LogP) is -0.647. The van der Waals surface area contributed by atoms with E-state index in [1.165, 1.54) is 4.90 Å². The molecule has 2 amide bonds. The molecule has 1 saturated carbocycles. The molecule has 1 heterocycles. The van der Waals surface area contributed by atoms with Gasteiger partial charge in [0.2, 0.25) is 11.8 Å². The van der Waals surface area contributed by atoms with Gasteiger partial charge in [-0.2, -0.15) is 5.10 Å². The summed E-state index contributed by atoms with van der Waals surface area (Å²) in [6.45, 7) is 1.78. The van der Waals surface area contributed by atoms with Crippen LogP contribution in [0.4, 0.5) is 0 Å². The van der Waals surface area contributed by atoms with Crippen LogP contribution in [-0.4, -0.2) is 77.3 Å². The molecule has 0 bridgehead atoms. The largest absolute Gasteiger partial charge is 0.480 e. The monoisotopic (exact) mass is 440 g/mol. The molecule has 2 aliphatic rings. The van der Waals surface area contributed by atoms with Crippen LogP contribution < -0.4 is 16.9 Å². The van der Waals surface area contributed by atoms with Crippen LogP contribution in [0.1, 0.15) is 32.1 Å². The van der Waals surface area contributed by atoms with Gasteiger partial charge >= 0.3 is 5.97 Å². The first kappa shape index (κ1) is 26.2. The Hall–Kier alpha value is -1.78. The number of nitrogens with zero attached hydrogens (tertiary/aromatic N) is 3. The average Bonchev–Trinajstić information content (AvgIpc) is 3.42. The number of carboxylic acids is 1. The number of halogens is 2. The Labute approximate surface area is 176 Å². The molecule has 0 unspecified atom stereocenters. The van der Waals surface area contributed by atoms with E-state index >= 15 is 0 Å². The third-order valence-electron chi connectivity index (χ3n) is 4.67. The number of hydrogen-bond donors (Lipinski definition) is 4. The summed E-state index contributed by atoms with van der Waals surface area (Å²) in [6, 6.07) is -1.09. The molecule has 2 atom stereocenters. The number of piperidine rings is 1. The molecule has 6 N–H and O–H groups in total. The average molecular weight is 441 g/mol. The SMILES string of the molecule is Cl.Cl.NN=CN1CCC[C@@H](CNC(=O)C[C@H](N)C(=O)N(CC(=O)O)C2CC2)C1. The van der Waals surface area contributed by atoms with E-state index in [0.29, 0.717) is 6.54 Å². The number of nitrogens with one attached hydrogen (secondary N) is 1. The van der Waals surface area contributed by atoms with E-state index in [2.05, 4.69) is 10.4 Å². The van der Waals surface area contributed by atoms with Gasteiger partial charge in [-0.3, -0.25) is 14.4 Å². The molecule has 0 aromatic rings. The van der Waals surface area contributed by atoms with Crippen molar-refractivity contribution in [3.8, 4) is 0 Å². The Kier molecular flexibility index (Phi) is 11.8. The zero-order chi connectivity index (χ0) is 19.1. The molecule has 1 aliphatic carbocycles. The molecular weight excluding hydrogens is 411 g/mol. The van der Waals surface area contributed by atoms with Gasteiger partial charge in [0.1, 0.15) is 12.9 Å². The number of carbonyl (C=O) groups is 3. The van der Waals surface area contributed by atoms with Gasteiger partial charge in [-0.1, -0.05) is 0 Å². The first-order valence-corrected chi connectivity index (χ1v) is 8.92. The van der Waals surface area contributed by atoms with Crippen molar-refractivity contribution in [1.29, 1.82) is 0 Å². The number of hydrazone groups is 1. The molecular formula is C16H30Cl2N6O4. The zero-order valence-electron chi connectivity index (χ0n) is 15.7. The van der Waals surface area contributed by atoms with Crippen molar-refractivity contribution >= 4 is 48.9 Å². The molecule has 10 nitrogen and oxygen atoms in total. The number of rotatable bonds is 9. The van der Waals surface area contributed by atoms with Crippen LogP contribution in [-0.2, 0) is 14.4 Å². The normalized spacial score (nSPS) is 19.9. The standard InChI is InChI=1S/C16H28N6O4.2ClH/c17-13(16(26)22(9-15(24)25)12-3-4-12)6-14(23)19-7-11-2-1-5-21(8-11)10-20-18;;/h10-13H,1-9,17-18H2,(H,19,23)(H,24,25);2*1H/t11-,13-;;/m0../s1. The van der Waals surface area contributed by atoms with Crippen LogP contribution in [0.2, 0.25) is 0 Å². The molecule has 1 aliphatic heterocycles. The first-order valence-electron chi connectivity index (χ1n) is 8.92. The van der Waals surface area contributed by atoms with Crippen molar-refractivity contribution in [1.82, 2.24) is 15.1 Å². The molecule has 2 rings (SSSR count). The molecule has 1 saturated heterocycles. The van der Waals surface area contributed by atoms with E-state index in [1.807, 2.05) is 4.90 Å². The minimum atomic E-state index is -1.08. The second kappa shape index (κ2) is 12.6. The number of amides is 2. The quantitative estimate of drug-likeness (QED) is 0.160. The maximum Gasteiger partial charge on any atom is 0.323 e. The van der Waals surface area contributed by atoms with Crippen LogP contribution in [0, 0.1) is 5.92 Å². The van der Waals surface area contributed by atoms with Crippen LogP contribution in [0.3, 0.4) is 0 Å². The maximum absolute atomic E-state index is 12.3. The lowest BCUT2D eigenvalue weighted by molar-refractivity contribution is -0.145. The Morgan fingerprint density at radius 3 is 2.54 bits per heavy atom. The smallest absolute Gasteiger partial charge is 0.323 e. The highest BCUT2D eigenvalue weighted by Crippen LogP contribution is 2.27. The van der Waals surface area contributed by atoms with Gasteiger partial charge in [0, 0.05) is 25.7 Å². The lowest BCUT2D eigenvalue weighted by atomic mass is 9.98. The van der Waals surface area contributed by atoms with Crippen molar-refractivity contribution in [2.75, 3.05) is 26.2 Å². The van der Waals surface area contributed by atoms with Crippen LogP contribution in [0.5, 0.6) is 0 Å². The summed E-state index contributed by atoms with van der Waals surface area (Å²) in [5, 5.41) is 15.3. The van der Waals surface area contributed by atoms with Crippen LogP contribution in [0.15, 0.2) is 5.10 Å². The maximum atomic E-state index is 12.3. The van der Waals surface area contributed by atoms with Gasteiger partial charge in [-0.25, -0.2) is 0 Å². The molecule has 0 aromatic heterocycles. The molecule has 2 fully saturated rings. The lowest BCUT2D eigenvalue weighted by Gasteiger charge is -2.31. The van der Waals surface area contributed by atoms with Crippen molar-refractivity contribution < 1.29 is 19.5 Å². The number of aliphatic carboxylic acids is 1. The Morgan fingerprint density at radius 1 is 1.29 bits per heavy atom. The predicted molar refractivity (Wildman–Crippen MR) is 109 cm³/mol. The van der Waals surface area contributed by atoms with Gasteiger partial charge in [0.15, 0.2) is 0 Å². The minimum Gasteiger partial charge on any atom is -0.480 e. The number of carboxylic acid groups (broad SMARTS) is 1. The van der Waals surface area contributed by atoms with E-state index in [9.17, 15) is 14.4 Å². The second-order valence-electron chi connectivity index (χ2n) is 6.97. The number of nitrogens with two attached hydrogens (primary N) is 2. The fraction of sp³-hybridized carbons (Fsp3) is 0.750. The second-order valence-corrected chi connectivity index (χ2v) is 6.97. The highest BCUT2D eigenvalue weighted by molar-refractivity contribution is 5.90. The highest BCUT2D eigenvalue weighted by Gasteiger charge is 2.36. The Morgan fingerprint density at radius 2 is 1.96 bits per heavy atom. The van der Waals surface area contributed by atoms with Crippen molar-refractivity contribution in [2.24, 2.45) is 22.6 Å². The molecule has 0 spiro atoms. The first-order chi connectivity index (χ1) is 12.4. The van der Waals surface area contributed by atoms with Crippen molar-refractivity contribution in [2.45, 2.75) is 44.2 Å². The highest BCUT2D eigenvalue weighted by atomic mass is 35.5. The Balaban J connectivity index is 0.00000364. The summed E-state index contributed by atoms with van der Waals surface area (Å²) in [6.07, 6.45) is 4.99. The van der Waals surface area contributed by atoms with Crippen molar-refractivity contribution in [3.63, 3.8) is 0 Å². The van der Waals surface area contributed by atoms with Gasteiger partial charge < -0.3 is 31.8 Å². The summed E-state index contributed by atoms with van der Waals surface area (Å²) in [4.78, 5) is 38.6. The summed E-state index contributed by atoms with van der Waals surface area (Å²) in [5.74, 6) is 3.58. The molecule has 12 heteroatoms. The summed E-state index contributed by atoms with van der Waals surface area (Å²) < 4.78 is 0. The molecule has 0 aromatic carbocycles. The number of likely N-dealkylation sites (tertiary alicyclic amines) is 1. The van der Waals surface area contributed by atoms with E-state index < -0.39 is 17.9 Å². The fourth-order valence-electron chi connectivity index (χ4n) is 3.21. The van der Waals surface area contributed by atoms with Gasteiger partial charge in [-0.05, 0) is 31.6 Å². The number of carbonyl (C=O) groups excluding carboxylic acids is 2. The zero-order valence-corrected chi connectivity index (χ0v) is 17.3. The van der Waals surface area contributed by atoms with Crippen molar-refractivity contribution in [3.05, 3.63) is 0 Å². The topological polar surface area (TPSA) is 154 Å². The summed E-state index contributed by atoms with van der Waals surface area (Å²) in [7, 11) is 0. The van der Waals surface area contributed by atoms with Gasteiger partial charge in [0.05, 0.1) is 12.5 Å². The third kappa shape index (κ3) is 8.49. The Bertz CT molecular complexity index is 561. The lowest BCUT2D eigenvalue weighted by Crippen LogP contribution is -2.49. The van der Waals surface area contributed by atoms with Gasteiger partial charge in [-0.15, -0.1) is 24.8 Å². The van der Waals surface area contributed by atoms with Crippen LogP contribution >= 0.6 is 24.8 Å². The third-order valence-corrected chi connectivity index (χ3v) is 4.67. The fourth-order valence-corrected chi connectivity index (χ4v) is 3.21. The molecule has 28 heavy (non-hydrogen) atoms. The number of hydrogen-bond acceptors (Lipinski definition) is 6.